The first kappa shape index (κ1) is 11.6. The van der Waals surface area contributed by atoms with E-state index in [9.17, 15) is 22.0 Å². The molecular weight excluding hydrogens is 239 g/mol. The number of halogens is 5. The third-order valence-electron chi connectivity index (χ3n) is 2.26. The highest BCUT2D eigenvalue weighted by atomic mass is 19.2. The van der Waals surface area contributed by atoms with Crippen molar-refractivity contribution in [3.63, 3.8) is 0 Å². The Hall–Kier alpha value is -1.91. The van der Waals surface area contributed by atoms with Gasteiger partial charge in [-0.15, -0.1) is 0 Å². The molecule has 0 atom stereocenters. The average molecular weight is 244 g/mol. The highest BCUT2D eigenvalue weighted by Gasteiger charge is 2.20. The minimum absolute atomic E-state index is 0.575. The molecule has 0 heterocycles. The van der Waals surface area contributed by atoms with Gasteiger partial charge in [0.05, 0.1) is 5.56 Å². The van der Waals surface area contributed by atoms with Crippen molar-refractivity contribution in [2.45, 2.75) is 0 Å². The maximum Gasteiger partial charge on any atom is 0.169 e. The van der Waals surface area contributed by atoms with Crippen LogP contribution in [0.4, 0.5) is 22.0 Å². The van der Waals surface area contributed by atoms with Crippen LogP contribution in [0.2, 0.25) is 0 Å². The maximum atomic E-state index is 13.4. The lowest BCUT2D eigenvalue weighted by Crippen LogP contribution is -1.97. The van der Waals surface area contributed by atoms with E-state index >= 15 is 0 Å². The van der Waals surface area contributed by atoms with Crippen LogP contribution in [0.15, 0.2) is 30.3 Å². The summed E-state index contributed by atoms with van der Waals surface area (Å²) in [4.78, 5) is 0. The summed E-state index contributed by atoms with van der Waals surface area (Å²) in [7, 11) is 0. The molecule has 0 N–H and O–H groups in total. The van der Waals surface area contributed by atoms with Crippen molar-refractivity contribution < 1.29 is 22.0 Å². The highest BCUT2D eigenvalue weighted by molar-refractivity contribution is 5.65. The van der Waals surface area contributed by atoms with Crippen molar-refractivity contribution in [2.24, 2.45) is 0 Å². The standard InChI is InChI=1S/C12H5F5/c13-7-4-5-9(15)12(17)10(7)6-2-1-3-8(14)11(6)16/h1-5H. The van der Waals surface area contributed by atoms with Crippen LogP contribution in [-0.4, -0.2) is 0 Å². The molecule has 0 aliphatic carbocycles. The van der Waals surface area contributed by atoms with Gasteiger partial charge in [0.25, 0.3) is 0 Å². The van der Waals surface area contributed by atoms with Gasteiger partial charge in [0.2, 0.25) is 0 Å². The Morgan fingerprint density at radius 3 is 1.88 bits per heavy atom. The van der Waals surface area contributed by atoms with E-state index in [1.54, 1.807) is 0 Å². The van der Waals surface area contributed by atoms with E-state index in [4.69, 9.17) is 0 Å². The quantitative estimate of drug-likeness (QED) is 0.524. The predicted octanol–water partition coefficient (Wildman–Crippen LogP) is 4.05. The molecule has 88 valence electrons. The molecule has 0 saturated carbocycles. The van der Waals surface area contributed by atoms with Crippen molar-refractivity contribution in [1.82, 2.24) is 0 Å². The van der Waals surface area contributed by atoms with Crippen LogP contribution in [0, 0.1) is 29.1 Å². The monoisotopic (exact) mass is 244 g/mol. The molecule has 0 bridgehead atoms. The fourth-order valence-electron chi connectivity index (χ4n) is 1.47. The Labute approximate surface area is 93.3 Å². The molecule has 0 nitrogen and oxygen atoms in total. The Balaban J connectivity index is 2.77. The maximum absolute atomic E-state index is 13.4. The summed E-state index contributed by atoms with van der Waals surface area (Å²) in [6.45, 7) is 0. The van der Waals surface area contributed by atoms with E-state index in [1.165, 1.54) is 0 Å². The van der Waals surface area contributed by atoms with E-state index in [2.05, 4.69) is 0 Å². The summed E-state index contributed by atoms with van der Waals surface area (Å²) < 4.78 is 65.9. The molecule has 0 radical (unpaired) electrons. The first-order chi connectivity index (χ1) is 8.02. The SMILES string of the molecule is Fc1cccc(-c2c(F)ccc(F)c2F)c1F. The second-order valence-corrected chi connectivity index (χ2v) is 3.32. The number of benzene rings is 2. The molecule has 0 aromatic heterocycles. The van der Waals surface area contributed by atoms with Crippen LogP contribution < -0.4 is 0 Å². The van der Waals surface area contributed by atoms with Gasteiger partial charge in [-0.2, -0.15) is 0 Å². The normalized spacial score (nSPS) is 10.6. The van der Waals surface area contributed by atoms with Gasteiger partial charge in [0.1, 0.15) is 5.82 Å². The van der Waals surface area contributed by atoms with Gasteiger partial charge < -0.3 is 0 Å². The second kappa shape index (κ2) is 4.16. The van der Waals surface area contributed by atoms with Gasteiger partial charge in [-0.3, -0.25) is 0 Å². The van der Waals surface area contributed by atoms with Crippen molar-refractivity contribution >= 4 is 0 Å². The molecule has 0 spiro atoms. The van der Waals surface area contributed by atoms with Crippen molar-refractivity contribution in [3.8, 4) is 11.1 Å². The van der Waals surface area contributed by atoms with Gasteiger partial charge in [0.15, 0.2) is 23.3 Å². The lowest BCUT2D eigenvalue weighted by atomic mass is 10.0. The van der Waals surface area contributed by atoms with Gasteiger partial charge in [-0.25, -0.2) is 22.0 Å². The number of hydrogen-bond acceptors (Lipinski definition) is 0. The van der Waals surface area contributed by atoms with E-state index in [0.717, 1.165) is 18.2 Å². The minimum atomic E-state index is -1.55. The van der Waals surface area contributed by atoms with Crippen LogP contribution in [0.3, 0.4) is 0 Å². The molecule has 0 saturated heterocycles. The molecule has 0 amide bonds. The highest BCUT2D eigenvalue weighted by Crippen LogP contribution is 2.30. The summed E-state index contributed by atoms with van der Waals surface area (Å²) in [5.41, 5.74) is -1.57. The Morgan fingerprint density at radius 2 is 1.18 bits per heavy atom. The largest absolute Gasteiger partial charge is 0.206 e. The zero-order valence-corrected chi connectivity index (χ0v) is 8.28. The second-order valence-electron chi connectivity index (χ2n) is 3.32. The molecule has 2 aromatic carbocycles. The molecule has 5 heteroatoms. The van der Waals surface area contributed by atoms with Crippen LogP contribution in [0.25, 0.3) is 11.1 Å². The third kappa shape index (κ3) is 1.88. The molecule has 0 unspecified atom stereocenters. The van der Waals surface area contributed by atoms with Crippen LogP contribution in [-0.2, 0) is 0 Å². The number of hydrogen-bond donors (Lipinski definition) is 0. The molecule has 0 fully saturated rings. The predicted molar refractivity (Wildman–Crippen MR) is 51.7 cm³/mol. The first-order valence-electron chi connectivity index (χ1n) is 4.60. The smallest absolute Gasteiger partial charge is 0.169 e. The average Bonchev–Trinajstić information content (AvgIpc) is 2.30. The molecule has 0 aliphatic rings. The Bertz CT molecular complexity index is 577. The fraction of sp³-hybridized carbons (Fsp3) is 0. The van der Waals surface area contributed by atoms with Crippen molar-refractivity contribution in [2.75, 3.05) is 0 Å². The van der Waals surface area contributed by atoms with Crippen LogP contribution in [0.1, 0.15) is 0 Å². The topological polar surface area (TPSA) is 0 Å². The fourth-order valence-corrected chi connectivity index (χ4v) is 1.47. The summed E-state index contributed by atoms with van der Waals surface area (Å²) in [5, 5.41) is 0. The Kier molecular flexibility index (Phi) is 2.83. The molecular formula is C12H5F5. The van der Waals surface area contributed by atoms with E-state index < -0.39 is 40.2 Å². The summed E-state index contributed by atoms with van der Waals surface area (Å²) in [5.74, 6) is -6.71. The third-order valence-corrected chi connectivity index (χ3v) is 2.26. The zero-order chi connectivity index (χ0) is 12.6. The van der Waals surface area contributed by atoms with E-state index in [1.807, 2.05) is 0 Å². The summed E-state index contributed by atoms with van der Waals surface area (Å²) in [6.07, 6.45) is 0. The molecule has 2 aromatic rings. The van der Waals surface area contributed by atoms with Gasteiger partial charge in [-0.1, -0.05) is 12.1 Å². The molecule has 17 heavy (non-hydrogen) atoms. The Morgan fingerprint density at radius 1 is 0.588 bits per heavy atom. The minimum Gasteiger partial charge on any atom is -0.206 e. The summed E-state index contributed by atoms with van der Waals surface area (Å²) in [6, 6.07) is 4.08. The molecule has 2 rings (SSSR count). The number of rotatable bonds is 1. The lowest BCUT2D eigenvalue weighted by Gasteiger charge is -2.07. The van der Waals surface area contributed by atoms with Gasteiger partial charge >= 0.3 is 0 Å². The summed E-state index contributed by atoms with van der Waals surface area (Å²) >= 11 is 0. The zero-order valence-electron chi connectivity index (χ0n) is 8.28. The van der Waals surface area contributed by atoms with Crippen LogP contribution >= 0.6 is 0 Å². The van der Waals surface area contributed by atoms with E-state index in [-0.39, 0.29) is 0 Å². The molecule has 0 aliphatic heterocycles. The van der Waals surface area contributed by atoms with Crippen molar-refractivity contribution in [1.29, 1.82) is 0 Å². The van der Waals surface area contributed by atoms with Gasteiger partial charge in [-0.05, 0) is 18.2 Å². The van der Waals surface area contributed by atoms with Crippen molar-refractivity contribution in [3.05, 3.63) is 59.4 Å². The van der Waals surface area contributed by atoms with Crippen LogP contribution in [0.5, 0.6) is 0 Å². The lowest BCUT2D eigenvalue weighted by molar-refractivity contribution is 0.491. The van der Waals surface area contributed by atoms with Gasteiger partial charge in [0, 0.05) is 5.56 Å². The van der Waals surface area contributed by atoms with E-state index in [0.29, 0.717) is 12.1 Å². The first-order valence-corrected chi connectivity index (χ1v) is 4.60.